The second-order valence-electron chi connectivity index (χ2n) is 10.3. The molecule has 2 saturated heterocycles. The number of nitrogen functional groups attached to an aromatic ring is 1. The quantitative estimate of drug-likeness (QED) is 0.399. The van der Waals surface area contributed by atoms with Gasteiger partial charge in [0.2, 0.25) is 5.91 Å². The molecule has 2 aliphatic rings. The highest BCUT2D eigenvalue weighted by Crippen LogP contribution is 2.33. The molecule has 204 valence electrons. The van der Waals surface area contributed by atoms with Crippen LogP contribution >= 0.6 is 0 Å². The van der Waals surface area contributed by atoms with Gasteiger partial charge in [-0.25, -0.2) is 19.7 Å². The van der Waals surface area contributed by atoms with E-state index in [1.807, 2.05) is 45.6 Å². The molecule has 5 heterocycles. The number of likely N-dealkylation sites (tertiary alicyclic amines) is 1. The average molecular weight is 537 g/mol. The van der Waals surface area contributed by atoms with Crippen molar-refractivity contribution in [2.45, 2.75) is 19.3 Å². The third kappa shape index (κ3) is 4.66. The number of aromatic nitrogens is 4. The zero-order valence-electron chi connectivity index (χ0n) is 22.5. The van der Waals surface area contributed by atoms with Gasteiger partial charge in [0.05, 0.1) is 5.56 Å². The van der Waals surface area contributed by atoms with Crippen molar-refractivity contribution in [1.29, 1.82) is 0 Å². The smallest absolute Gasteiger partial charge is 0.320 e. The standard InChI is InChI=1S/C30H32N8O2/c1-3-26(39)35-15-17-36(18-16-35)30(40)37-14-12-22(19-37)21-7-9-23(10-8-21)38-28(24-5-4-13-32-27(24)31)34-25-11-6-20(2)33-29(25)38/h3-11,13,22H,1,12,14-19H2,2H3,(H2,31,32)/t22-/m1/s1. The number of urea groups is 1. The monoisotopic (exact) mass is 536 g/mol. The van der Waals surface area contributed by atoms with Crippen molar-refractivity contribution in [3.63, 3.8) is 0 Å². The van der Waals surface area contributed by atoms with Crippen molar-refractivity contribution in [3.05, 3.63) is 78.6 Å². The van der Waals surface area contributed by atoms with Crippen LogP contribution in [0.1, 0.15) is 23.6 Å². The maximum Gasteiger partial charge on any atom is 0.320 e. The molecule has 3 aromatic heterocycles. The topological polar surface area (TPSA) is 113 Å². The number of amides is 3. The zero-order valence-corrected chi connectivity index (χ0v) is 22.5. The summed E-state index contributed by atoms with van der Waals surface area (Å²) >= 11 is 0. The Labute approximate surface area is 232 Å². The number of nitrogens with zero attached hydrogens (tertiary/aromatic N) is 7. The van der Waals surface area contributed by atoms with Crippen molar-refractivity contribution < 1.29 is 9.59 Å². The summed E-state index contributed by atoms with van der Waals surface area (Å²) in [7, 11) is 0. The molecule has 40 heavy (non-hydrogen) atoms. The zero-order chi connectivity index (χ0) is 27.8. The number of rotatable bonds is 4. The molecule has 1 aromatic carbocycles. The molecular formula is C30H32N8O2. The van der Waals surface area contributed by atoms with Crippen LogP contribution in [0, 0.1) is 6.92 Å². The van der Waals surface area contributed by atoms with Gasteiger partial charge in [-0.2, -0.15) is 0 Å². The number of hydrogen-bond donors (Lipinski definition) is 1. The summed E-state index contributed by atoms with van der Waals surface area (Å²) in [5.74, 6) is 1.29. The first-order chi connectivity index (χ1) is 19.4. The number of imidazole rings is 1. The molecule has 2 N–H and O–H groups in total. The normalized spacial score (nSPS) is 17.4. The minimum Gasteiger partial charge on any atom is -0.383 e. The molecule has 0 unspecified atom stereocenters. The number of carbonyl (C=O) groups excluding carboxylic acids is 2. The van der Waals surface area contributed by atoms with E-state index in [9.17, 15) is 9.59 Å². The number of hydrogen-bond acceptors (Lipinski definition) is 6. The Kier molecular flexibility index (Phi) is 6.67. The number of fused-ring (bicyclic) bond motifs is 1. The third-order valence-electron chi connectivity index (χ3n) is 7.84. The van der Waals surface area contributed by atoms with E-state index in [0.717, 1.165) is 41.1 Å². The van der Waals surface area contributed by atoms with Crippen LogP contribution in [-0.2, 0) is 4.79 Å². The van der Waals surface area contributed by atoms with Gasteiger partial charge in [0.1, 0.15) is 11.3 Å². The van der Waals surface area contributed by atoms with Gasteiger partial charge in [0.25, 0.3) is 0 Å². The van der Waals surface area contributed by atoms with Gasteiger partial charge in [-0.05, 0) is 61.4 Å². The van der Waals surface area contributed by atoms with Crippen molar-refractivity contribution in [2.75, 3.05) is 45.0 Å². The van der Waals surface area contributed by atoms with E-state index >= 15 is 0 Å². The van der Waals surface area contributed by atoms with Crippen molar-refractivity contribution in [2.24, 2.45) is 0 Å². The highest BCUT2D eigenvalue weighted by atomic mass is 16.2. The van der Waals surface area contributed by atoms with Crippen LogP contribution in [0.15, 0.2) is 67.4 Å². The fourth-order valence-corrected chi connectivity index (χ4v) is 5.63. The Morgan fingerprint density at radius 3 is 2.42 bits per heavy atom. The maximum absolute atomic E-state index is 13.2. The largest absolute Gasteiger partial charge is 0.383 e. The fourth-order valence-electron chi connectivity index (χ4n) is 5.63. The molecular weight excluding hydrogens is 504 g/mol. The average Bonchev–Trinajstić information content (AvgIpc) is 3.62. The van der Waals surface area contributed by atoms with E-state index < -0.39 is 0 Å². The molecule has 4 aromatic rings. The van der Waals surface area contributed by atoms with E-state index in [1.165, 1.54) is 11.6 Å². The molecule has 6 rings (SSSR count). The number of benzene rings is 1. The van der Waals surface area contributed by atoms with E-state index in [4.69, 9.17) is 15.7 Å². The summed E-state index contributed by atoms with van der Waals surface area (Å²) < 4.78 is 2.03. The van der Waals surface area contributed by atoms with Gasteiger partial charge in [0.15, 0.2) is 11.5 Å². The number of anilines is 1. The van der Waals surface area contributed by atoms with Gasteiger partial charge in [-0.1, -0.05) is 18.7 Å². The molecule has 2 aliphatic heterocycles. The lowest BCUT2D eigenvalue weighted by molar-refractivity contribution is -0.127. The van der Waals surface area contributed by atoms with Crippen LogP contribution in [0.4, 0.5) is 10.6 Å². The van der Waals surface area contributed by atoms with Gasteiger partial charge in [0, 0.05) is 62.8 Å². The van der Waals surface area contributed by atoms with Crippen LogP contribution in [0.25, 0.3) is 28.2 Å². The van der Waals surface area contributed by atoms with Crippen molar-refractivity contribution in [3.8, 4) is 17.1 Å². The second kappa shape index (κ2) is 10.4. The number of piperazine rings is 1. The highest BCUT2D eigenvalue weighted by Gasteiger charge is 2.32. The summed E-state index contributed by atoms with van der Waals surface area (Å²) in [6.07, 6.45) is 3.91. The molecule has 0 saturated carbocycles. The highest BCUT2D eigenvalue weighted by molar-refractivity contribution is 5.87. The minimum atomic E-state index is -0.0811. The molecule has 0 aliphatic carbocycles. The van der Waals surface area contributed by atoms with Gasteiger partial charge >= 0.3 is 6.03 Å². The summed E-state index contributed by atoms with van der Waals surface area (Å²) in [5, 5.41) is 0. The lowest BCUT2D eigenvalue weighted by Gasteiger charge is -2.36. The molecule has 0 radical (unpaired) electrons. The Bertz CT molecular complexity index is 1590. The summed E-state index contributed by atoms with van der Waals surface area (Å²) in [4.78, 5) is 44.5. The number of aryl methyl sites for hydroxylation is 1. The van der Waals surface area contributed by atoms with Crippen LogP contribution in [0.2, 0.25) is 0 Å². The lowest BCUT2D eigenvalue weighted by atomic mass is 9.98. The van der Waals surface area contributed by atoms with E-state index in [2.05, 4.69) is 35.8 Å². The molecule has 1 atom stereocenters. The van der Waals surface area contributed by atoms with Crippen LogP contribution in [0.3, 0.4) is 0 Å². The van der Waals surface area contributed by atoms with Crippen LogP contribution in [0.5, 0.6) is 0 Å². The molecule has 0 bridgehead atoms. The third-order valence-corrected chi connectivity index (χ3v) is 7.84. The predicted octanol–water partition coefficient (Wildman–Crippen LogP) is 3.61. The maximum atomic E-state index is 13.2. The van der Waals surface area contributed by atoms with Gasteiger partial charge in [-0.15, -0.1) is 0 Å². The number of pyridine rings is 2. The summed E-state index contributed by atoms with van der Waals surface area (Å²) in [6.45, 7) is 9.09. The first-order valence-electron chi connectivity index (χ1n) is 13.6. The first-order valence-corrected chi connectivity index (χ1v) is 13.6. The Morgan fingerprint density at radius 1 is 0.950 bits per heavy atom. The Hall–Kier alpha value is -4.73. The van der Waals surface area contributed by atoms with E-state index in [0.29, 0.717) is 44.4 Å². The number of carbonyl (C=O) groups is 2. The van der Waals surface area contributed by atoms with Crippen molar-refractivity contribution in [1.82, 2.24) is 34.2 Å². The SMILES string of the molecule is C=CC(=O)N1CCN(C(=O)N2CC[C@@H](c3ccc(-n4c(-c5cccnc5N)nc5ccc(C)nc54)cc3)C2)CC1. The molecule has 2 fully saturated rings. The first kappa shape index (κ1) is 25.5. The van der Waals surface area contributed by atoms with Gasteiger partial charge in [-0.3, -0.25) is 9.36 Å². The predicted molar refractivity (Wildman–Crippen MR) is 154 cm³/mol. The fraction of sp³-hybridized carbons (Fsp3) is 0.300. The molecule has 3 amide bonds. The van der Waals surface area contributed by atoms with Crippen LogP contribution in [-0.4, -0.2) is 85.4 Å². The lowest BCUT2D eigenvalue weighted by Crippen LogP contribution is -2.53. The van der Waals surface area contributed by atoms with E-state index in [1.54, 1.807) is 11.1 Å². The van der Waals surface area contributed by atoms with E-state index in [-0.39, 0.29) is 17.9 Å². The Balaban J connectivity index is 1.21. The number of nitrogens with two attached hydrogens (primary N) is 1. The van der Waals surface area contributed by atoms with Crippen molar-refractivity contribution >= 4 is 28.9 Å². The molecule has 10 heteroatoms. The Morgan fingerprint density at radius 2 is 1.70 bits per heavy atom. The van der Waals surface area contributed by atoms with Gasteiger partial charge < -0.3 is 20.4 Å². The summed E-state index contributed by atoms with van der Waals surface area (Å²) in [6, 6.07) is 16.2. The molecule has 0 spiro atoms. The second-order valence-corrected chi connectivity index (χ2v) is 10.3. The summed E-state index contributed by atoms with van der Waals surface area (Å²) in [5.41, 5.74) is 11.6. The minimum absolute atomic E-state index is 0.0508. The molecule has 10 nitrogen and oxygen atoms in total. The van der Waals surface area contributed by atoms with Crippen LogP contribution < -0.4 is 5.73 Å².